The van der Waals surface area contributed by atoms with E-state index in [1.165, 1.54) is 0 Å². The van der Waals surface area contributed by atoms with Crippen LogP contribution in [0.2, 0.25) is 5.02 Å². The molecule has 1 N–H and O–H groups in total. The average molecular weight is 348 g/mol. The van der Waals surface area contributed by atoms with Crippen molar-refractivity contribution < 1.29 is 19.0 Å². The lowest BCUT2D eigenvalue weighted by Gasteiger charge is -2.27. The molecule has 2 atom stereocenters. The molecule has 0 radical (unpaired) electrons. The van der Waals surface area contributed by atoms with Crippen LogP contribution in [0.1, 0.15) is 6.92 Å². The van der Waals surface area contributed by atoms with E-state index < -0.39 is 6.10 Å². The predicted octanol–water partition coefficient (Wildman–Crippen LogP) is 3.06. The zero-order valence-electron chi connectivity index (χ0n) is 13.2. The molecule has 1 aliphatic heterocycles. The third kappa shape index (κ3) is 3.92. The van der Waals surface area contributed by atoms with Gasteiger partial charge in [-0.25, -0.2) is 0 Å². The van der Waals surface area contributed by atoms with Crippen LogP contribution in [0.4, 0.5) is 0 Å². The molecular formula is C18H18ClNO4. The normalized spacial score (nSPS) is 17.0. The number of rotatable bonds is 5. The van der Waals surface area contributed by atoms with Gasteiger partial charge in [-0.3, -0.25) is 4.79 Å². The number of amides is 1. The zero-order chi connectivity index (χ0) is 16.9. The van der Waals surface area contributed by atoms with Crippen LogP contribution in [-0.2, 0) is 4.79 Å². The molecule has 6 heteroatoms. The van der Waals surface area contributed by atoms with Crippen molar-refractivity contribution in [3.63, 3.8) is 0 Å². The van der Waals surface area contributed by atoms with Crippen molar-refractivity contribution in [2.24, 2.45) is 0 Å². The van der Waals surface area contributed by atoms with E-state index in [9.17, 15) is 4.79 Å². The smallest absolute Gasteiger partial charge is 0.260 e. The lowest BCUT2D eigenvalue weighted by molar-refractivity contribution is -0.127. The highest BCUT2D eigenvalue weighted by Crippen LogP contribution is 2.30. The summed E-state index contributed by atoms with van der Waals surface area (Å²) in [5.41, 5.74) is 0. The van der Waals surface area contributed by atoms with Crippen LogP contribution in [-0.4, -0.2) is 31.3 Å². The number of nitrogens with one attached hydrogen (secondary N) is 1. The second-order valence-electron chi connectivity index (χ2n) is 5.43. The third-order valence-corrected chi connectivity index (χ3v) is 3.89. The number of halogens is 1. The first-order chi connectivity index (χ1) is 11.6. The van der Waals surface area contributed by atoms with Crippen molar-refractivity contribution >= 4 is 17.5 Å². The van der Waals surface area contributed by atoms with Crippen molar-refractivity contribution in [2.75, 3.05) is 13.2 Å². The lowest BCUT2D eigenvalue weighted by Crippen LogP contribution is -2.44. The maximum absolute atomic E-state index is 12.2. The Bertz CT molecular complexity index is 722. The summed E-state index contributed by atoms with van der Waals surface area (Å²) < 4.78 is 17.0. The molecule has 5 nitrogen and oxygen atoms in total. The first kappa shape index (κ1) is 16.5. The minimum Gasteiger partial charge on any atom is -0.486 e. The quantitative estimate of drug-likeness (QED) is 0.903. The molecular weight excluding hydrogens is 330 g/mol. The van der Waals surface area contributed by atoms with Gasteiger partial charge in [0.25, 0.3) is 5.91 Å². The number of benzene rings is 2. The fraction of sp³-hybridized carbons (Fsp3) is 0.278. The van der Waals surface area contributed by atoms with Gasteiger partial charge in [0.15, 0.2) is 17.6 Å². The molecule has 0 bridgehead atoms. The molecule has 1 heterocycles. The Balaban J connectivity index is 1.50. The lowest BCUT2D eigenvalue weighted by atomic mass is 10.2. The van der Waals surface area contributed by atoms with Crippen molar-refractivity contribution in [1.82, 2.24) is 5.32 Å². The molecule has 0 spiro atoms. The second kappa shape index (κ2) is 7.45. The Hall–Kier alpha value is -2.40. The Labute approximate surface area is 145 Å². The molecule has 1 amide bonds. The predicted molar refractivity (Wildman–Crippen MR) is 90.9 cm³/mol. The van der Waals surface area contributed by atoms with Gasteiger partial charge >= 0.3 is 0 Å². The van der Waals surface area contributed by atoms with E-state index in [4.69, 9.17) is 25.8 Å². The maximum atomic E-state index is 12.2. The van der Waals surface area contributed by atoms with E-state index in [0.717, 1.165) is 5.75 Å². The SMILES string of the molecule is C[C@@H](Oc1ccccc1Cl)C(=O)NC[C@@H]1COc2ccccc2O1. The topological polar surface area (TPSA) is 56.8 Å². The molecule has 2 aromatic rings. The summed E-state index contributed by atoms with van der Waals surface area (Å²) in [4.78, 5) is 12.2. The van der Waals surface area contributed by atoms with Crippen LogP contribution in [0.25, 0.3) is 0 Å². The summed E-state index contributed by atoms with van der Waals surface area (Å²) in [6.45, 7) is 2.40. The number of hydrogen-bond acceptors (Lipinski definition) is 4. The molecule has 0 unspecified atom stereocenters. The highest BCUT2D eigenvalue weighted by Gasteiger charge is 2.23. The molecule has 1 aliphatic rings. The minimum absolute atomic E-state index is 0.239. The number of fused-ring (bicyclic) bond motifs is 1. The number of ether oxygens (including phenoxy) is 3. The molecule has 0 saturated carbocycles. The first-order valence-electron chi connectivity index (χ1n) is 7.71. The molecule has 0 fully saturated rings. The van der Waals surface area contributed by atoms with Crippen LogP contribution in [0.3, 0.4) is 0 Å². The van der Waals surface area contributed by atoms with E-state index >= 15 is 0 Å². The van der Waals surface area contributed by atoms with E-state index in [-0.39, 0.29) is 12.0 Å². The summed E-state index contributed by atoms with van der Waals surface area (Å²) in [7, 11) is 0. The van der Waals surface area contributed by atoms with Gasteiger partial charge in [0, 0.05) is 0 Å². The fourth-order valence-electron chi connectivity index (χ4n) is 2.31. The summed E-state index contributed by atoms with van der Waals surface area (Å²) >= 11 is 6.03. The van der Waals surface area contributed by atoms with E-state index in [1.807, 2.05) is 24.3 Å². The summed E-state index contributed by atoms with van der Waals surface area (Å²) in [5.74, 6) is 1.64. The molecule has 126 valence electrons. The monoisotopic (exact) mass is 347 g/mol. The summed E-state index contributed by atoms with van der Waals surface area (Å²) in [6, 6.07) is 14.5. The van der Waals surface area contributed by atoms with Crippen LogP contribution in [0, 0.1) is 0 Å². The maximum Gasteiger partial charge on any atom is 0.260 e. The standard InChI is InChI=1S/C18H18ClNO4/c1-12(23-15-7-3-2-6-14(15)19)18(21)20-10-13-11-22-16-8-4-5-9-17(16)24-13/h2-9,12-13H,10-11H2,1H3,(H,20,21)/t12-,13-/m1/s1. The summed E-state index contributed by atoms with van der Waals surface area (Å²) in [6.07, 6.45) is -0.905. The number of para-hydroxylation sites is 3. The van der Waals surface area contributed by atoms with Gasteiger partial charge in [0.1, 0.15) is 18.5 Å². The molecule has 0 aromatic heterocycles. The molecule has 0 saturated heterocycles. The number of hydrogen-bond donors (Lipinski definition) is 1. The van der Waals surface area contributed by atoms with E-state index in [0.29, 0.717) is 29.7 Å². The largest absolute Gasteiger partial charge is 0.486 e. The highest BCUT2D eigenvalue weighted by atomic mass is 35.5. The molecule has 3 rings (SSSR count). The van der Waals surface area contributed by atoms with Gasteiger partial charge in [-0.1, -0.05) is 35.9 Å². The van der Waals surface area contributed by atoms with Gasteiger partial charge < -0.3 is 19.5 Å². The molecule has 2 aromatic carbocycles. The van der Waals surface area contributed by atoms with Crippen LogP contribution in [0.5, 0.6) is 17.2 Å². The van der Waals surface area contributed by atoms with Crippen LogP contribution < -0.4 is 19.5 Å². The van der Waals surface area contributed by atoms with Gasteiger partial charge in [0.2, 0.25) is 0 Å². The molecule has 24 heavy (non-hydrogen) atoms. The third-order valence-electron chi connectivity index (χ3n) is 3.58. The Morgan fingerprint density at radius 3 is 2.75 bits per heavy atom. The first-order valence-corrected chi connectivity index (χ1v) is 8.08. The van der Waals surface area contributed by atoms with Crippen molar-refractivity contribution in [1.29, 1.82) is 0 Å². The summed E-state index contributed by atoms with van der Waals surface area (Å²) in [5, 5.41) is 3.28. The van der Waals surface area contributed by atoms with Gasteiger partial charge in [-0.15, -0.1) is 0 Å². The van der Waals surface area contributed by atoms with E-state index in [2.05, 4.69) is 5.32 Å². The van der Waals surface area contributed by atoms with E-state index in [1.54, 1.807) is 31.2 Å². The fourth-order valence-corrected chi connectivity index (χ4v) is 2.49. The van der Waals surface area contributed by atoms with Crippen molar-refractivity contribution in [2.45, 2.75) is 19.1 Å². The van der Waals surface area contributed by atoms with Crippen LogP contribution >= 0.6 is 11.6 Å². The number of carbonyl (C=O) groups is 1. The minimum atomic E-state index is -0.665. The van der Waals surface area contributed by atoms with Gasteiger partial charge in [-0.2, -0.15) is 0 Å². The van der Waals surface area contributed by atoms with Crippen LogP contribution in [0.15, 0.2) is 48.5 Å². The number of carbonyl (C=O) groups excluding carboxylic acids is 1. The van der Waals surface area contributed by atoms with Gasteiger partial charge in [-0.05, 0) is 31.2 Å². The van der Waals surface area contributed by atoms with Crippen molar-refractivity contribution in [3.8, 4) is 17.2 Å². The Morgan fingerprint density at radius 1 is 1.25 bits per heavy atom. The Kier molecular flexibility index (Phi) is 5.11. The zero-order valence-corrected chi connectivity index (χ0v) is 14.0. The van der Waals surface area contributed by atoms with Gasteiger partial charge in [0.05, 0.1) is 11.6 Å². The Morgan fingerprint density at radius 2 is 1.96 bits per heavy atom. The second-order valence-corrected chi connectivity index (χ2v) is 5.84. The molecule has 0 aliphatic carbocycles. The average Bonchev–Trinajstić information content (AvgIpc) is 2.61. The van der Waals surface area contributed by atoms with Crippen molar-refractivity contribution in [3.05, 3.63) is 53.6 Å². The highest BCUT2D eigenvalue weighted by molar-refractivity contribution is 6.32.